The minimum Gasteiger partial charge on any atom is -0.373 e. The Hall–Kier alpha value is -1.59. The highest BCUT2D eigenvalue weighted by Crippen LogP contribution is 2.38. The fourth-order valence-electron chi connectivity index (χ4n) is 2.62. The number of halogens is 1. The highest BCUT2D eigenvalue weighted by Gasteiger charge is 2.31. The summed E-state index contributed by atoms with van der Waals surface area (Å²) in [5, 5.41) is 5.03. The largest absolute Gasteiger partial charge is 0.373 e. The predicted molar refractivity (Wildman–Crippen MR) is 73.0 cm³/mol. The lowest BCUT2D eigenvalue weighted by Crippen LogP contribution is -2.24. The maximum Gasteiger partial charge on any atom is 0.239 e. The number of fused-ring (bicyclic) bond motifs is 1. The fraction of sp³-hybridized carbons (Fsp3) is 0.385. The van der Waals surface area contributed by atoms with Crippen molar-refractivity contribution in [3.8, 4) is 0 Å². The molecule has 0 fully saturated rings. The first-order chi connectivity index (χ1) is 9.20. The Morgan fingerprint density at radius 2 is 2.16 bits per heavy atom. The highest BCUT2D eigenvalue weighted by atomic mass is 35.5. The van der Waals surface area contributed by atoms with Gasteiger partial charge in [0.2, 0.25) is 5.95 Å². The third kappa shape index (κ3) is 2.09. The zero-order valence-electron chi connectivity index (χ0n) is 10.6. The molecule has 19 heavy (non-hydrogen) atoms. The molecule has 1 aliphatic heterocycles. The SMILES string of the molecule is COC1CCC(c2ccccc2Cl)n2nc(N)nc21. The molecule has 0 bridgehead atoms. The average Bonchev–Trinajstić information content (AvgIpc) is 2.80. The van der Waals surface area contributed by atoms with E-state index < -0.39 is 0 Å². The van der Waals surface area contributed by atoms with Crippen LogP contribution in [0.4, 0.5) is 5.95 Å². The summed E-state index contributed by atoms with van der Waals surface area (Å²) in [4.78, 5) is 4.27. The summed E-state index contributed by atoms with van der Waals surface area (Å²) >= 11 is 6.28. The van der Waals surface area contributed by atoms with Crippen LogP contribution in [-0.2, 0) is 4.74 Å². The zero-order chi connectivity index (χ0) is 13.4. The van der Waals surface area contributed by atoms with E-state index in [9.17, 15) is 0 Å². The van der Waals surface area contributed by atoms with Crippen LogP contribution >= 0.6 is 11.6 Å². The van der Waals surface area contributed by atoms with Crippen LogP contribution in [0.3, 0.4) is 0 Å². The van der Waals surface area contributed by atoms with E-state index in [4.69, 9.17) is 22.1 Å². The quantitative estimate of drug-likeness (QED) is 0.917. The topological polar surface area (TPSA) is 66.0 Å². The first-order valence-electron chi connectivity index (χ1n) is 6.20. The van der Waals surface area contributed by atoms with Crippen molar-refractivity contribution in [2.45, 2.75) is 25.0 Å². The van der Waals surface area contributed by atoms with Crippen LogP contribution in [0, 0.1) is 0 Å². The normalized spacial score (nSPS) is 22.2. The van der Waals surface area contributed by atoms with Crippen molar-refractivity contribution in [2.75, 3.05) is 12.8 Å². The molecule has 1 aromatic heterocycles. The van der Waals surface area contributed by atoms with Gasteiger partial charge in [0.25, 0.3) is 0 Å². The Bertz CT molecular complexity index is 598. The molecule has 5 nitrogen and oxygen atoms in total. The summed E-state index contributed by atoms with van der Waals surface area (Å²) in [7, 11) is 1.68. The van der Waals surface area contributed by atoms with Crippen LogP contribution in [0.1, 0.15) is 36.4 Å². The molecule has 2 aromatic rings. The molecule has 0 amide bonds. The van der Waals surface area contributed by atoms with Crippen LogP contribution < -0.4 is 5.73 Å². The highest BCUT2D eigenvalue weighted by molar-refractivity contribution is 6.31. The predicted octanol–water partition coefficient (Wildman–Crippen LogP) is 2.58. The first kappa shape index (κ1) is 12.4. The first-order valence-corrected chi connectivity index (χ1v) is 6.57. The minimum absolute atomic E-state index is 0.0523. The number of benzene rings is 1. The third-order valence-corrected chi connectivity index (χ3v) is 3.85. The van der Waals surface area contributed by atoms with E-state index in [1.165, 1.54) is 0 Å². The van der Waals surface area contributed by atoms with Gasteiger partial charge in [0.15, 0.2) is 5.82 Å². The van der Waals surface area contributed by atoms with Crippen molar-refractivity contribution in [1.29, 1.82) is 0 Å². The van der Waals surface area contributed by atoms with Crippen LogP contribution in [0.25, 0.3) is 0 Å². The zero-order valence-corrected chi connectivity index (χ0v) is 11.3. The summed E-state index contributed by atoms with van der Waals surface area (Å²) in [6.07, 6.45) is 1.73. The summed E-state index contributed by atoms with van der Waals surface area (Å²) in [5.41, 5.74) is 6.77. The van der Waals surface area contributed by atoms with Gasteiger partial charge in [0, 0.05) is 12.1 Å². The monoisotopic (exact) mass is 278 g/mol. The molecule has 6 heteroatoms. The van der Waals surface area contributed by atoms with Gasteiger partial charge in [0.05, 0.1) is 6.04 Å². The molecule has 2 atom stereocenters. The van der Waals surface area contributed by atoms with Crippen molar-refractivity contribution in [3.05, 3.63) is 40.7 Å². The number of nitrogens with zero attached hydrogens (tertiary/aromatic N) is 3. The number of nitrogens with two attached hydrogens (primary N) is 1. The Kier molecular flexibility index (Phi) is 3.16. The second kappa shape index (κ2) is 4.83. The Morgan fingerprint density at radius 1 is 1.37 bits per heavy atom. The van der Waals surface area contributed by atoms with Gasteiger partial charge in [-0.15, -0.1) is 5.10 Å². The van der Waals surface area contributed by atoms with E-state index in [-0.39, 0.29) is 18.1 Å². The summed E-state index contributed by atoms with van der Waals surface area (Å²) in [5.74, 6) is 1.05. The molecular weight excluding hydrogens is 264 g/mol. The summed E-state index contributed by atoms with van der Waals surface area (Å²) < 4.78 is 7.27. The van der Waals surface area contributed by atoms with Gasteiger partial charge in [0.1, 0.15) is 6.10 Å². The summed E-state index contributed by atoms with van der Waals surface area (Å²) in [6.45, 7) is 0. The maximum absolute atomic E-state index is 6.28. The molecule has 3 rings (SSSR count). The van der Waals surface area contributed by atoms with Crippen LogP contribution in [0.2, 0.25) is 5.02 Å². The minimum atomic E-state index is -0.0523. The van der Waals surface area contributed by atoms with Gasteiger partial charge in [-0.25, -0.2) is 4.68 Å². The van der Waals surface area contributed by atoms with Gasteiger partial charge in [-0.2, -0.15) is 4.98 Å². The van der Waals surface area contributed by atoms with Crippen molar-refractivity contribution in [2.24, 2.45) is 0 Å². The molecule has 1 aromatic carbocycles. The van der Waals surface area contributed by atoms with Gasteiger partial charge < -0.3 is 10.5 Å². The van der Waals surface area contributed by atoms with Crippen molar-refractivity contribution in [3.63, 3.8) is 0 Å². The van der Waals surface area contributed by atoms with Crippen LogP contribution in [0.15, 0.2) is 24.3 Å². The smallest absolute Gasteiger partial charge is 0.239 e. The van der Waals surface area contributed by atoms with Crippen molar-refractivity contribution < 1.29 is 4.74 Å². The molecule has 2 N–H and O–H groups in total. The van der Waals surface area contributed by atoms with Crippen LogP contribution in [0.5, 0.6) is 0 Å². The molecule has 2 heterocycles. The Balaban J connectivity index is 2.08. The molecule has 0 aliphatic carbocycles. The van der Waals surface area contributed by atoms with E-state index in [0.29, 0.717) is 0 Å². The second-order valence-corrected chi connectivity index (χ2v) is 5.02. The van der Waals surface area contributed by atoms with Gasteiger partial charge in [-0.1, -0.05) is 29.8 Å². The lowest BCUT2D eigenvalue weighted by molar-refractivity contribution is 0.0649. The Morgan fingerprint density at radius 3 is 2.89 bits per heavy atom. The average molecular weight is 279 g/mol. The number of anilines is 1. The molecule has 0 saturated heterocycles. The standard InChI is InChI=1S/C13H15ClN4O/c1-19-11-7-6-10(8-4-2-3-5-9(8)14)18-12(11)16-13(15)17-18/h2-5,10-11H,6-7H2,1H3,(H2,15,17). The molecule has 2 unspecified atom stereocenters. The van der Waals surface area contributed by atoms with E-state index in [1.54, 1.807) is 7.11 Å². The van der Waals surface area contributed by atoms with E-state index in [1.807, 2.05) is 28.9 Å². The Labute approximate surface area is 116 Å². The summed E-state index contributed by atoms with van der Waals surface area (Å²) in [6, 6.07) is 7.87. The third-order valence-electron chi connectivity index (χ3n) is 3.51. The van der Waals surface area contributed by atoms with Gasteiger partial charge >= 0.3 is 0 Å². The van der Waals surface area contributed by atoms with Crippen LogP contribution in [-0.4, -0.2) is 21.9 Å². The molecule has 100 valence electrons. The number of hydrogen-bond acceptors (Lipinski definition) is 4. The van der Waals surface area contributed by atoms with Crippen molar-refractivity contribution in [1.82, 2.24) is 14.8 Å². The van der Waals surface area contributed by atoms with Crippen molar-refractivity contribution >= 4 is 17.5 Å². The number of hydrogen-bond donors (Lipinski definition) is 1. The van der Waals surface area contributed by atoms with E-state index in [0.717, 1.165) is 29.3 Å². The van der Waals surface area contributed by atoms with E-state index >= 15 is 0 Å². The molecule has 0 saturated carbocycles. The molecular formula is C13H15ClN4O. The lowest BCUT2D eigenvalue weighted by atomic mass is 9.96. The fourth-order valence-corrected chi connectivity index (χ4v) is 2.88. The lowest BCUT2D eigenvalue weighted by Gasteiger charge is -2.28. The molecule has 0 radical (unpaired) electrons. The number of methoxy groups -OCH3 is 1. The number of rotatable bonds is 2. The molecule has 1 aliphatic rings. The van der Waals surface area contributed by atoms with E-state index in [2.05, 4.69) is 10.1 Å². The van der Waals surface area contributed by atoms with Gasteiger partial charge in [-0.05, 0) is 24.5 Å². The number of ether oxygens (including phenoxy) is 1. The maximum atomic E-state index is 6.28. The second-order valence-electron chi connectivity index (χ2n) is 4.61. The molecule has 0 spiro atoms. The number of nitrogen functional groups attached to an aromatic ring is 1. The number of aromatic nitrogens is 3. The van der Waals surface area contributed by atoms with Gasteiger partial charge in [-0.3, -0.25) is 0 Å².